The van der Waals surface area contributed by atoms with Crippen LogP contribution in [0.15, 0.2) is 60.7 Å². The number of piperidine rings is 1. The molecule has 4 aromatic rings. The molecule has 2 amide bonds. The fourth-order valence-corrected chi connectivity index (χ4v) is 6.82. The molecule has 0 radical (unpaired) electrons. The normalized spacial score (nSPS) is 17.1. The number of tetrazole rings is 1. The lowest BCUT2D eigenvalue weighted by atomic mass is 9.99. The number of aryl methyl sites for hydroxylation is 3. The molecule has 0 aliphatic carbocycles. The van der Waals surface area contributed by atoms with Crippen LogP contribution in [0.4, 0.5) is 5.69 Å². The Labute approximate surface area is 269 Å². The van der Waals surface area contributed by atoms with Gasteiger partial charge < -0.3 is 10.2 Å². The van der Waals surface area contributed by atoms with Gasteiger partial charge >= 0.3 is 0 Å². The van der Waals surface area contributed by atoms with Crippen molar-refractivity contribution >= 4 is 29.1 Å². The first-order valence-electron chi connectivity index (χ1n) is 15.9. The summed E-state index contributed by atoms with van der Waals surface area (Å²) in [4.78, 5) is 32.3. The molecule has 0 bridgehead atoms. The van der Waals surface area contributed by atoms with Crippen molar-refractivity contribution in [1.82, 2.24) is 30.0 Å². The Morgan fingerprint density at radius 3 is 2.56 bits per heavy atom. The van der Waals surface area contributed by atoms with Crippen molar-refractivity contribution in [1.29, 1.82) is 0 Å². The lowest BCUT2D eigenvalue weighted by Gasteiger charge is -2.39. The molecule has 1 atom stereocenters. The average Bonchev–Trinajstić information content (AvgIpc) is 3.60. The van der Waals surface area contributed by atoms with Gasteiger partial charge in [-0.2, -0.15) is 0 Å². The number of aromatic nitrogens is 4. The molecule has 3 aromatic carbocycles. The van der Waals surface area contributed by atoms with Gasteiger partial charge in [-0.1, -0.05) is 61.7 Å². The number of fused-ring (bicyclic) bond motifs is 1. The predicted molar refractivity (Wildman–Crippen MR) is 176 cm³/mol. The Morgan fingerprint density at radius 2 is 1.82 bits per heavy atom. The first-order chi connectivity index (χ1) is 21.8. The predicted octanol–water partition coefficient (Wildman–Crippen LogP) is 6.37. The number of hydrogen-bond donors (Lipinski definition) is 1. The maximum atomic E-state index is 14.2. The molecule has 0 saturated carbocycles. The second kappa shape index (κ2) is 13.5. The molecule has 0 spiro atoms. The summed E-state index contributed by atoms with van der Waals surface area (Å²) >= 11 is 6.24. The molecular formula is C35H40ClN7O2. The molecule has 2 aliphatic heterocycles. The third-order valence-electron chi connectivity index (χ3n) is 9.03. The zero-order chi connectivity index (χ0) is 31.5. The van der Waals surface area contributed by atoms with E-state index in [1.54, 1.807) is 11.7 Å². The molecule has 1 saturated heterocycles. The van der Waals surface area contributed by atoms with Crippen LogP contribution in [0.3, 0.4) is 0 Å². The number of carbonyl (C=O) groups is 2. The smallest absolute Gasteiger partial charge is 0.255 e. The molecule has 1 fully saturated rings. The lowest BCUT2D eigenvalue weighted by Crippen LogP contribution is -2.48. The van der Waals surface area contributed by atoms with Crippen molar-refractivity contribution in [2.24, 2.45) is 7.05 Å². The van der Waals surface area contributed by atoms with Crippen molar-refractivity contribution in [2.75, 3.05) is 18.4 Å². The van der Waals surface area contributed by atoms with Crippen LogP contribution in [0.2, 0.25) is 5.02 Å². The fourth-order valence-electron chi connectivity index (χ4n) is 6.70. The van der Waals surface area contributed by atoms with E-state index >= 15 is 0 Å². The highest BCUT2D eigenvalue weighted by Gasteiger charge is 2.45. The van der Waals surface area contributed by atoms with E-state index in [4.69, 9.17) is 11.6 Å². The third-order valence-corrected chi connectivity index (χ3v) is 9.46. The Balaban J connectivity index is 1.23. The zero-order valence-corrected chi connectivity index (χ0v) is 26.9. The SMILES string of the molecule is CCCCCc1cc(NC(=O)C2c3ccccc3C(=O)N2C2CCN(Cc3ccc(Cl)c(C)c3)CC2)cc(-c2nnnn2C)c1. The minimum absolute atomic E-state index is 0.0375. The minimum Gasteiger partial charge on any atom is -0.324 e. The summed E-state index contributed by atoms with van der Waals surface area (Å²) in [5, 5.41) is 16.0. The first kappa shape index (κ1) is 30.9. The van der Waals surface area contributed by atoms with Crippen LogP contribution in [-0.2, 0) is 24.8 Å². The summed E-state index contributed by atoms with van der Waals surface area (Å²) in [6.07, 6.45) is 5.80. The summed E-state index contributed by atoms with van der Waals surface area (Å²) in [7, 11) is 1.80. The third kappa shape index (κ3) is 6.65. The maximum Gasteiger partial charge on any atom is 0.255 e. The van der Waals surface area contributed by atoms with Gasteiger partial charge in [0, 0.05) is 54.6 Å². The Kier molecular flexibility index (Phi) is 9.28. The van der Waals surface area contributed by atoms with Crippen molar-refractivity contribution in [3.8, 4) is 11.4 Å². The molecule has 3 heterocycles. The number of nitrogens with zero attached hydrogens (tertiary/aromatic N) is 6. The lowest BCUT2D eigenvalue weighted by molar-refractivity contribution is -0.121. The van der Waals surface area contributed by atoms with Crippen LogP contribution >= 0.6 is 11.6 Å². The van der Waals surface area contributed by atoms with Gasteiger partial charge in [0.05, 0.1) is 0 Å². The van der Waals surface area contributed by atoms with Crippen molar-refractivity contribution in [3.63, 3.8) is 0 Å². The Hall–Kier alpha value is -4.08. The van der Waals surface area contributed by atoms with Crippen molar-refractivity contribution in [2.45, 2.75) is 71.0 Å². The van der Waals surface area contributed by atoms with Crippen LogP contribution in [0, 0.1) is 6.92 Å². The summed E-state index contributed by atoms with van der Waals surface area (Å²) in [6, 6.07) is 19.0. The molecule has 2 aliphatic rings. The van der Waals surface area contributed by atoms with E-state index < -0.39 is 6.04 Å². The number of anilines is 1. The molecule has 1 unspecified atom stereocenters. The van der Waals surface area contributed by atoms with Crippen molar-refractivity contribution in [3.05, 3.63) is 93.5 Å². The maximum absolute atomic E-state index is 14.2. The van der Waals surface area contributed by atoms with Gasteiger partial charge in [-0.3, -0.25) is 14.5 Å². The van der Waals surface area contributed by atoms with Crippen molar-refractivity contribution < 1.29 is 9.59 Å². The average molecular weight is 626 g/mol. The summed E-state index contributed by atoms with van der Waals surface area (Å²) < 4.78 is 1.63. The highest BCUT2D eigenvalue weighted by Crippen LogP contribution is 2.39. The van der Waals surface area contributed by atoms with Crippen LogP contribution in [0.25, 0.3) is 11.4 Å². The van der Waals surface area contributed by atoms with Gasteiger partial charge in [0.15, 0.2) is 5.82 Å². The summed E-state index contributed by atoms with van der Waals surface area (Å²) in [5.41, 5.74) is 6.30. The Morgan fingerprint density at radius 1 is 1.02 bits per heavy atom. The van der Waals surface area contributed by atoms with Gasteiger partial charge in [-0.05, 0) is 95.6 Å². The van der Waals surface area contributed by atoms with Crippen LogP contribution in [0.5, 0.6) is 0 Å². The van der Waals surface area contributed by atoms with Crippen LogP contribution < -0.4 is 5.32 Å². The van der Waals surface area contributed by atoms with Gasteiger partial charge in [-0.15, -0.1) is 5.10 Å². The number of unbranched alkanes of at least 4 members (excludes halogenated alkanes) is 2. The summed E-state index contributed by atoms with van der Waals surface area (Å²) in [6.45, 7) is 6.73. The van der Waals surface area contributed by atoms with E-state index in [1.165, 1.54) is 5.56 Å². The minimum atomic E-state index is -0.701. The molecular weight excluding hydrogens is 586 g/mol. The second-order valence-electron chi connectivity index (χ2n) is 12.3. The van der Waals surface area contributed by atoms with Gasteiger partial charge in [0.2, 0.25) is 0 Å². The first-order valence-corrected chi connectivity index (χ1v) is 16.3. The number of hydrogen-bond acceptors (Lipinski definition) is 6. The topological polar surface area (TPSA) is 96.2 Å². The number of likely N-dealkylation sites (tertiary alicyclic amines) is 1. The number of rotatable bonds is 10. The standard InChI is InChI=1S/C35H40ClN7O2/c1-4-5-6-9-24-19-26(33-38-39-40-41(33)3)21-27(20-24)37-34(44)32-29-10-7-8-11-30(29)35(45)43(32)28-14-16-42(17-15-28)22-25-12-13-31(36)23(2)18-25/h7-8,10-13,18-21,28,32H,4-6,9,14-17,22H2,1-3H3,(H,37,44). The molecule has 1 N–H and O–H groups in total. The van der Waals surface area contributed by atoms with Crippen LogP contribution in [0.1, 0.15) is 77.7 Å². The fraction of sp³-hybridized carbons (Fsp3) is 0.400. The molecule has 9 nitrogen and oxygen atoms in total. The van der Waals surface area contributed by atoms with Gasteiger partial charge in [0.1, 0.15) is 6.04 Å². The van der Waals surface area contributed by atoms with Crippen LogP contribution in [-0.4, -0.2) is 61.0 Å². The molecule has 10 heteroatoms. The van der Waals surface area contributed by atoms with E-state index in [-0.39, 0.29) is 17.9 Å². The molecule has 6 rings (SSSR count). The number of nitrogens with one attached hydrogen (secondary N) is 1. The number of carbonyl (C=O) groups excluding carboxylic acids is 2. The Bertz CT molecular complexity index is 1700. The number of halogens is 1. The highest BCUT2D eigenvalue weighted by molar-refractivity contribution is 6.31. The van der Waals surface area contributed by atoms with E-state index in [0.717, 1.165) is 85.4 Å². The van der Waals surface area contributed by atoms with Gasteiger partial charge in [-0.25, -0.2) is 4.68 Å². The molecule has 234 valence electrons. The van der Waals surface area contributed by atoms with E-state index in [2.05, 4.69) is 50.9 Å². The quantitative estimate of drug-likeness (QED) is 0.206. The highest BCUT2D eigenvalue weighted by atomic mass is 35.5. The van der Waals surface area contributed by atoms with E-state index in [0.29, 0.717) is 17.1 Å². The zero-order valence-electron chi connectivity index (χ0n) is 26.2. The molecule has 1 aromatic heterocycles. The largest absolute Gasteiger partial charge is 0.324 e. The monoisotopic (exact) mass is 625 g/mol. The summed E-state index contributed by atoms with van der Waals surface area (Å²) in [5.74, 6) is 0.350. The van der Waals surface area contributed by atoms with Gasteiger partial charge in [0.25, 0.3) is 11.8 Å². The molecule has 45 heavy (non-hydrogen) atoms. The number of benzene rings is 3. The number of amides is 2. The second-order valence-corrected chi connectivity index (χ2v) is 12.7. The van der Waals surface area contributed by atoms with E-state index in [9.17, 15) is 9.59 Å². The van der Waals surface area contributed by atoms with E-state index in [1.807, 2.05) is 54.3 Å².